The zero-order chi connectivity index (χ0) is 18.0. The third-order valence-corrected chi connectivity index (χ3v) is 4.42. The van der Waals surface area contributed by atoms with Crippen LogP contribution in [-0.4, -0.2) is 24.7 Å². The van der Waals surface area contributed by atoms with Crippen LogP contribution >= 0.6 is 11.8 Å². The quantitative estimate of drug-likeness (QED) is 0.629. The molecule has 0 atom stereocenters. The molecule has 0 unspecified atom stereocenters. The van der Waals surface area contributed by atoms with Crippen LogP contribution in [0.4, 0.5) is 0 Å². The monoisotopic (exact) mass is 357 g/mol. The first-order valence-electron chi connectivity index (χ1n) is 8.33. The topological polar surface area (TPSA) is 69.6 Å². The first kappa shape index (κ1) is 17.7. The van der Waals surface area contributed by atoms with Gasteiger partial charge in [0.1, 0.15) is 10.9 Å². The number of hydrogen-bond acceptors (Lipinski definition) is 6. The highest BCUT2D eigenvalue weighted by atomic mass is 32.2. The third kappa shape index (κ3) is 4.10. The Morgan fingerprint density at radius 1 is 1.20 bits per heavy atom. The van der Waals surface area contributed by atoms with Gasteiger partial charge in [-0.25, -0.2) is 9.97 Å². The zero-order valence-electron chi connectivity index (χ0n) is 15.2. The van der Waals surface area contributed by atoms with Crippen LogP contribution in [0.3, 0.4) is 0 Å². The SMILES string of the molecule is CC(C)Cn1c(Sc2ccnc(C(C)(C)C)n2)nnc1-c1ccco1. The van der Waals surface area contributed by atoms with Crippen LogP contribution in [0.1, 0.15) is 40.4 Å². The average molecular weight is 357 g/mol. The second kappa shape index (κ2) is 7.00. The number of hydrogen-bond donors (Lipinski definition) is 0. The molecule has 0 spiro atoms. The van der Waals surface area contributed by atoms with Crippen molar-refractivity contribution in [3.05, 3.63) is 36.5 Å². The van der Waals surface area contributed by atoms with E-state index in [2.05, 4.69) is 59.4 Å². The van der Waals surface area contributed by atoms with E-state index in [1.54, 1.807) is 12.5 Å². The maximum absolute atomic E-state index is 5.51. The largest absolute Gasteiger partial charge is 0.461 e. The predicted octanol–water partition coefficient (Wildman–Crippen LogP) is 4.43. The lowest BCUT2D eigenvalue weighted by atomic mass is 9.96. The first-order chi connectivity index (χ1) is 11.8. The van der Waals surface area contributed by atoms with Crippen molar-refractivity contribution >= 4 is 11.8 Å². The van der Waals surface area contributed by atoms with Crippen LogP contribution in [0.2, 0.25) is 0 Å². The maximum atomic E-state index is 5.51. The molecule has 0 saturated carbocycles. The smallest absolute Gasteiger partial charge is 0.200 e. The third-order valence-electron chi connectivity index (χ3n) is 3.50. The predicted molar refractivity (Wildman–Crippen MR) is 97.4 cm³/mol. The summed E-state index contributed by atoms with van der Waals surface area (Å²) in [7, 11) is 0. The van der Waals surface area contributed by atoms with Gasteiger partial charge in [0.25, 0.3) is 0 Å². The molecular formula is C18H23N5OS. The van der Waals surface area contributed by atoms with Gasteiger partial charge in [0, 0.05) is 18.2 Å². The standard InChI is InChI=1S/C18H23N5OS/c1-12(2)11-23-15(13-7-6-10-24-13)21-22-17(23)25-14-8-9-19-16(20-14)18(3,4)5/h6-10,12H,11H2,1-5H3. The Labute approximate surface area is 152 Å². The number of furan rings is 1. The van der Waals surface area contributed by atoms with Gasteiger partial charge in [0.05, 0.1) is 6.26 Å². The second-order valence-corrected chi connectivity index (χ2v) is 8.35. The molecule has 0 N–H and O–H groups in total. The van der Waals surface area contributed by atoms with Crippen molar-refractivity contribution in [3.8, 4) is 11.6 Å². The molecule has 3 aromatic heterocycles. The Bertz CT molecular complexity index is 834. The van der Waals surface area contributed by atoms with E-state index in [9.17, 15) is 0 Å². The zero-order valence-corrected chi connectivity index (χ0v) is 16.0. The van der Waals surface area contributed by atoms with Gasteiger partial charge < -0.3 is 4.42 Å². The summed E-state index contributed by atoms with van der Waals surface area (Å²) in [6.45, 7) is 11.5. The Morgan fingerprint density at radius 2 is 2.00 bits per heavy atom. The van der Waals surface area contributed by atoms with Gasteiger partial charge in [-0.3, -0.25) is 4.57 Å². The fourth-order valence-corrected chi connectivity index (χ4v) is 3.14. The molecule has 0 bridgehead atoms. The summed E-state index contributed by atoms with van der Waals surface area (Å²) in [6.07, 6.45) is 3.45. The Hall–Kier alpha value is -2.15. The van der Waals surface area contributed by atoms with Crippen molar-refractivity contribution < 1.29 is 4.42 Å². The lowest BCUT2D eigenvalue weighted by Gasteiger charge is -2.16. The molecule has 0 fully saturated rings. The Balaban J connectivity index is 1.95. The van der Waals surface area contributed by atoms with E-state index in [1.807, 2.05) is 18.2 Å². The lowest BCUT2D eigenvalue weighted by molar-refractivity contribution is 0.489. The van der Waals surface area contributed by atoms with Crippen molar-refractivity contribution in [2.45, 2.75) is 56.8 Å². The molecule has 3 heterocycles. The van der Waals surface area contributed by atoms with E-state index in [4.69, 9.17) is 4.42 Å². The van der Waals surface area contributed by atoms with E-state index >= 15 is 0 Å². The second-order valence-electron chi connectivity index (χ2n) is 7.36. The summed E-state index contributed by atoms with van der Waals surface area (Å²) in [4.78, 5) is 9.07. The molecule has 0 saturated heterocycles. The van der Waals surface area contributed by atoms with Gasteiger partial charge in [-0.05, 0) is 35.9 Å². The van der Waals surface area contributed by atoms with Gasteiger partial charge in [0.15, 0.2) is 16.7 Å². The van der Waals surface area contributed by atoms with E-state index in [1.165, 1.54) is 11.8 Å². The highest BCUT2D eigenvalue weighted by Gasteiger charge is 2.20. The number of rotatable bonds is 5. The van der Waals surface area contributed by atoms with Crippen molar-refractivity contribution in [3.63, 3.8) is 0 Å². The van der Waals surface area contributed by atoms with E-state index in [0.717, 1.165) is 34.1 Å². The van der Waals surface area contributed by atoms with Crippen molar-refractivity contribution in [1.29, 1.82) is 0 Å². The van der Waals surface area contributed by atoms with Crippen molar-refractivity contribution in [1.82, 2.24) is 24.7 Å². The minimum atomic E-state index is -0.0957. The molecule has 0 aliphatic heterocycles. The van der Waals surface area contributed by atoms with Gasteiger partial charge in [-0.2, -0.15) is 0 Å². The highest BCUT2D eigenvalue weighted by molar-refractivity contribution is 7.99. The molecule has 132 valence electrons. The molecule has 0 radical (unpaired) electrons. The van der Waals surface area contributed by atoms with Crippen molar-refractivity contribution in [2.75, 3.05) is 0 Å². The van der Waals surface area contributed by atoms with E-state index < -0.39 is 0 Å². The summed E-state index contributed by atoms with van der Waals surface area (Å²) < 4.78 is 7.60. The molecule has 6 nitrogen and oxygen atoms in total. The molecule has 0 amide bonds. The molecule has 0 aliphatic carbocycles. The van der Waals surface area contributed by atoms with Gasteiger partial charge in [0.2, 0.25) is 0 Å². The van der Waals surface area contributed by atoms with Gasteiger partial charge in [-0.15, -0.1) is 10.2 Å². The summed E-state index contributed by atoms with van der Waals surface area (Å²) in [5.41, 5.74) is -0.0957. The van der Waals surface area contributed by atoms with Crippen LogP contribution in [0.25, 0.3) is 11.6 Å². The van der Waals surface area contributed by atoms with Crippen LogP contribution in [0.5, 0.6) is 0 Å². The van der Waals surface area contributed by atoms with Crippen LogP contribution < -0.4 is 0 Å². The van der Waals surface area contributed by atoms with E-state index in [0.29, 0.717) is 5.92 Å². The van der Waals surface area contributed by atoms with Crippen LogP contribution in [-0.2, 0) is 12.0 Å². The van der Waals surface area contributed by atoms with Crippen LogP contribution in [0.15, 0.2) is 45.3 Å². The molecule has 0 aromatic carbocycles. The molecule has 0 aliphatic rings. The summed E-state index contributed by atoms with van der Waals surface area (Å²) in [5, 5.41) is 10.4. The molecule has 25 heavy (non-hydrogen) atoms. The highest BCUT2D eigenvalue weighted by Crippen LogP contribution is 2.30. The Kier molecular flexibility index (Phi) is 4.94. The number of aromatic nitrogens is 5. The first-order valence-corrected chi connectivity index (χ1v) is 9.14. The minimum Gasteiger partial charge on any atom is -0.461 e. The van der Waals surface area contributed by atoms with E-state index in [-0.39, 0.29) is 5.41 Å². The summed E-state index contributed by atoms with van der Waals surface area (Å²) in [6, 6.07) is 5.66. The Morgan fingerprint density at radius 3 is 2.64 bits per heavy atom. The molecule has 3 aromatic rings. The fraction of sp³-hybridized carbons (Fsp3) is 0.444. The normalized spacial score (nSPS) is 12.1. The van der Waals surface area contributed by atoms with Crippen molar-refractivity contribution in [2.24, 2.45) is 5.92 Å². The average Bonchev–Trinajstić information content (AvgIpc) is 3.17. The maximum Gasteiger partial charge on any atom is 0.200 e. The number of nitrogens with zero attached hydrogens (tertiary/aromatic N) is 5. The molecule has 7 heteroatoms. The minimum absolute atomic E-state index is 0.0957. The van der Waals surface area contributed by atoms with Gasteiger partial charge in [-0.1, -0.05) is 34.6 Å². The molecule has 3 rings (SSSR count). The van der Waals surface area contributed by atoms with Gasteiger partial charge >= 0.3 is 0 Å². The fourth-order valence-electron chi connectivity index (χ4n) is 2.34. The van der Waals surface area contributed by atoms with Crippen LogP contribution in [0, 0.1) is 5.92 Å². The lowest BCUT2D eigenvalue weighted by Crippen LogP contribution is -2.16. The molecular weight excluding hydrogens is 334 g/mol. The summed E-state index contributed by atoms with van der Waals surface area (Å²) in [5.74, 6) is 2.74. The summed E-state index contributed by atoms with van der Waals surface area (Å²) >= 11 is 1.50.